The topological polar surface area (TPSA) is 132 Å². The molecular formula is C19H19FN6O4. The minimum atomic E-state index is -0.655. The van der Waals surface area contributed by atoms with Gasteiger partial charge in [-0.3, -0.25) is 9.59 Å². The van der Waals surface area contributed by atoms with E-state index in [0.29, 0.717) is 17.1 Å². The molecule has 0 unspecified atom stereocenters. The average molecular weight is 414 g/mol. The van der Waals surface area contributed by atoms with Gasteiger partial charge in [0.2, 0.25) is 5.91 Å². The lowest BCUT2D eigenvalue weighted by molar-refractivity contribution is -0.115. The van der Waals surface area contributed by atoms with Crippen LogP contribution in [0, 0.1) is 19.7 Å². The maximum absolute atomic E-state index is 14.2. The van der Waals surface area contributed by atoms with Gasteiger partial charge in [0.05, 0.1) is 24.8 Å². The molecule has 0 radical (unpaired) electrons. The van der Waals surface area contributed by atoms with Crippen LogP contribution in [-0.2, 0) is 16.0 Å². The number of aromatic nitrogens is 5. The third kappa shape index (κ3) is 3.95. The van der Waals surface area contributed by atoms with Crippen molar-refractivity contribution in [3.63, 3.8) is 0 Å². The van der Waals surface area contributed by atoms with Gasteiger partial charge in [0.25, 0.3) is 0 Å². The Labute approximate surface area is 170 Å². The summed E-state index contributed by atoms with van der Waals surface area (Å²) in [7, 11) is 1.22. The fourth-order valence-electron chi connectivity index (χ4n) is 3.09. The Balaban J connectivity index is 1.86. The average Bonchev–Trinajstić information content (AvgIpc) is 3.25. The monoisotopic (exact) mass is 414 g/mol. The maximum atomic E-state index is 14.2. The zero-order valence-corrected chi connectivity index (χ0v) is 16.7. The fraction of sp³-hybridized carbons (Fsp3) is 0.263. The molecule has 0 aliphatic rings. The van der Waals surface area contributed by atoms with Crippen LogP contribution in [0.25, 0.3) is 5.69 Å². The Morgan fingerprint density at radius 1 is 1.27 bits per heavy atom. The zero-order chi connectivity index (χ0) is 22.0. The number of ketones is 1. The third-order valence-corrected chi connectivity index (χ3v) is 4.49. The molecule has 1 amide bonds. The molecule has 156 valence electrons. The van der Waals surface area contributed by atoms with Gasteiger partial charge in [-0.1, -0.05) is 0 Å². The van der Waals surface area contributed by atoms with E-state index in [4.69, 9.17) is 4.74 Å². The molecule has 0 spiro atoms. The van der Waals surface area contributed by atoms with Gasteiger partial charge in [0.15, 0.2) is 11.6 Å². The molecule has 1 aromatic carbocycles. The number of aryl methyl sites for hydroxylation is 1. The van der Waals surface area contributed by atoms with Crippen LogP contribution in [0.3, 0.4) is 0 Å². The summed E-state index contributed by atoms with van der Waals surface area (Å²) in [4.78, 5) is 39.3. The van der Waals surface area contributed by atoms with Gasteiger partial charge in [0.1, 0.15) is 11.5 Å². The Bertz CT molecular complexity index is 1150. The van der Waals surface area contributed by atoms with Crippen LogP contribution in [0.1, 0.15) is 44.9 Å². The smallest absolute Gasteiger partial charge is 0.339 e. The molecule has 0 aliphatic heterocycles. The second-order valence-electron chi connectivity index (χ2n) is 6.56. The van der Waals surface area contributed by atoms with Crippen molar-refractivity contribution in [2.24, 2.45) is 0 Å². The van der Waals surface area contributed by atoms with Gasteiger partial charge < -0.3 is 15.0 Å². The van der Waals surface area contributed by atoms with Crippen LogP contribution in [0.15, 0.2) is 18.2 Å². The lowest BCUT2D eigenvalue weighted by Crippen LogP contribution is -2.17. The molecule has 11 heteroatoms. The highest BCUT2D eigenvalue weighted by Crippen LogP contribution is 2.22. The lowest BCUT2D eigenvalue weighted by Gasteiger charge is -2.09. The molecule has 2 N–H and O–H groups in total. The number of esters is 1. The summed E-state index contributed by atoms with van der Waals surface area (Å²) in [6.07, 6.45) is -0.227. The van der Waals surface area contributed by atoms with Crippen molar-refractivity contribution in [2.75, 3.05) is 12.4 Å². The number of ether oxygens (including phenoxy) is 1. The van der Waals surface area contributed by atoms with Crippen molar-refractivity contribution < 1.29 is 23.5 Å². The van der Waals surface area contributed by atoms with Crippen molar-refractivity contribution in [1.29, 1.82) is 0 Å². The maximum Gasteiger partial charge on any atom is 0.339 e. The molecular weight excluding hydrogens is 395 g/mol. The zero-order valence-electron chi connectivity index (χ0n) is 16.7. The second kappa shape index (κ2) is 8.23. The summed E-state index contributed by atoms with van der Waals surface area (Å²) in [5, 5.41) is 13.5. The van der Waals surface area contributed by atoms with Gasteiger partial charge in [-0.25, -0.2) is 9.18 Å². The molecule has 2 aromatic heterocycles. The van der Waals surface area contributed by atoms with E-state index in [-0.39, 0.29) is 34.8 Å². The highest BCUT2D eigenvalue weighted by atomic mass is 19.1. The number of rotatable bonds is 6. The first-order valence-corrected chi connectivity index (χ1v) is 8.88. The minimum Gasteiger partial charge on any atom is -0.465 e. The van der Waals surface area contributed by atoms with Crippen LogP contribution in [0.5, 0.6) is 0 Å². The highest BCUT2D eigenvalue weighted by Gasteiger charge is 2.24. The quantitative estimate of drug-likeness (QED) is 0.465. The van der Waals surface area contributed by atoms with Gasteiger partial charge in [-0.05, 0) is 48.0 Å². The number of methoxy groups -OCH3 is 1. The number of halogens is 1. The number of hydrogen-bond acceptors (Lipinski definition) is 7. The Kier molecular flexibility index (Phi) is 5.72. The predicted octanol–water partition coefficient (Wildman–Crippen LogP) is 1.92. The van der Waals surface area contributed by atoms with E-state index in [9.17, 15) is 18.8 Å². The fourth-order valence-corrected chi connectivity index (χ4v) is 3.09. The summed E-state index contributed by atoms with van der Waals surface area (Å²) >= 11 is 0. The number of nitrogens with one attached hydrogen (secondary N) is 2. The van der Waals surface area contributed by atoms with Gasteiger partial charge in [0, 0.05) is 18.3 Å². The van der Waals surface area contributed by atoms with E-state index in [1.54, 1.807) is 13.8 Å². The lowest BCUT2D eigenvalue weighted by atomic mass is 10.1. The molecule has 30 heavy (non-hydrogen) atoms. The van der Waals surface area contributed by atoms with Crippen LogP contribution in [0.2, 0.25) is 0 Å². The number of anilines is 1. The summed E-state index contributed by atoms with van der Waals surface area (Å²) < 4.78 is 20.2. The molecule has 0 aliphatic carbocycles. The van der Waals surface area contributed by atoms with E-state index in [1.807, 2.05) is 0 Å². The first-order valence-electron chi connectivity index (χ1n) is 8.88. The molecule has 0 saturated carbocycles. The number of nitrogens with zero attached hydrogens (tertiary/aromatic N) is 4. The first kappa shape index (κ1) is 20.8. The number of amides is 1. The van der Waals surface area contributed by atoms with E-state index >= 15 is 0 Å². The Morgan fingerprint density at radius 2 is 2.00 bits per heavy atom. The Morgan fingerprint density at radius 3 is 2.60 bits per heavy atom. The SMILES string of the molecule is COC(=O)c1c(CC(=O)Nc2ccc(F)c(-n3nnnc3C)c2)[nH]c(C(C)=O)c1C. The molecule has 10 nitrogen and oxygen atoms in total. The Hall–Kier alpha value is -3.89. The first-order chi connectivity index (χ1) is 14.2. The van der Waals surface area contributed by atoms with Crippen molar-refractivity contribution in [2.45, 2.75) is 27.2 Å². The van der Waals surface area contributed by atoms with Gasteiger partial charge >= 0.3 is 5.97 Å². The minimum absolute atomic E-state index is 0.0696. The highest BCUT2D eigenvalue weighted by molar-refractivity contribution is 6.02. The van der Waals surface area contributed by atoms with E-state index in [1.165, 1.54) is 36.9 Å². The van der Waals surface area contributed by atoms with Crippen LogP contribution >= 0.6 is 0 Å². The molecule has 0 fully saturated rings. The van der Waals surface area contributed by atoms with Crippen molar-refractivity contribution in [1.82, 2.24) is 25.2 Å². The summed E-state index contributed by atoms with van der Waals surface area (Å²) in [5.74, 6) is -1.61. The largest absolute Gasteiger partial charge is 0.465 e. The van der Waals surface area contributed by atoms with Crippen molar-refractivity contribution in [3.05, 3.63) is 52.4 Å². The molecule has 2 heterocycles. The molecule has 0 atom stereocenters. The van der Waals surface area contributed by atoms with E-state index in [2.05, 4.69) is 25.8 Å². The molecule has 3 rings (SSSR count). The van der Waals surface area contributed by atoms with E-state index in [0.717, 1.165) is 0 Å². The van der Waals surface area contributed by atoms with Crippen LogP contribution in [-0.4, -0.2) is 50.0 Å². The third-order valence-electron chi connectivity index (χ3n) is 4.49. The van der Waals surface area contributed by atoms with Crippen LogP contribution in [0.4, 0.5) is 10.1 Å². The summed E-state index contributed by atoms with van der Waals surface area (Å²) in [6, 6.07) is 3.95. The second-order valence-corrected chi connectivity index (χ2v) is 6.56. The van der Waals surface area contributed by atoms with E-state index < -0.39 is 17.7 Å². The standard InChI is InChI=1S/C19H19FN6O4/c1-9-17(19(29)30-4)14(22-18(9)10(2)27)8-16(28)21-12-5-6-13(20)15(7-12)26-11(3)23-24-25-26/h5-7,22H,8H2,1-4H3,(H,21,28). The van der Waals surface area contributed by atoms with Crippen molar-refractivity contribution in [3.8, 4) is 5.69 Å². The predicted molar refractivity (Wildman–Crippen MR) is 103 cm³/mol. The number of aromatic amines is 1. The number of benzene rings is 1. The molecule has 3 aromatic rings. The number of hydrogen-bond donors (Lipinski definition) is 2. The molecule has 0 bridgehead atoms. The number of tetrazole rings is 1. The number of carbonyl (C=O) groups excluding carboxylic acids is 3. The molecule has 0 saturated heterocycles. The van der Waals surface area contributed by atoms with Gasteiger partial charge in [-0.15, -0.1) is 5.10 Å². The van der Waals surface area contributed by atoms with Crippen molar-refractivity contribution >= 4 is 23.3 Å². The summed E-state index contributed by atoms with van der Waals surface area (Å²) in [6.45, 7) is 4.56. The summed E-state index contributed by atoms with van der Waals surface area (Å²) in [5.41, 5.74) is 1.41. The normalized spacial score (nSPS) is 10.7. The number of carbonyl (C=O) groups is 3. The van der Waals surface area contributed by atoms with Crippen LogP contribution < -0.4 is 5.32 Å². The number of H-pyrrole nitrogens is 1. The number of Topliss-reactive ketones (excluding diaryl/α,β-unsaturated/α-hetero) is 1. The van der Waals surface area contributed by atoms with Gasteiger partial charge in [-0.2, -0.15) is 4.68 Å².